The Morgan fingerprint density at radius 2 is 1.16 bits per heavy atom. The van der Waals surface area contributed by atoms with Gasteiger partial charge in [-0.15, -0.1) is 0 Å². The van der Waals surface area contributed by atoms with Crippen LogP contribution in [0, 0.1) is 32.5 Å². The first kappa shape index (κ1) is 30.4. The molecule has 1 amide bonds. The minimum Gasteiger partial charge on any atom is -0.393 e. The molecule has 0 heterocycles. The Kier molecular flexibility index (Phi) is 9.52. The first-order valence-electron chi connectivity index (χ1n) is 12.1. The highest BCUT2D eigenvalue weighted by atomic mass is 16.3. The van der Waals surface area contributed by atoms with Crippen molar-refractivity contribution < 1.29 is 9.90 Å². The first-order valence-corrected chi connectivity index (χ1v) is 12.1. The number of amides is 1. The summed E-state index contributed by atoms with van der Waals surface area (Å²) in [5, 5.41) is 14.3. The normalized spacial score (nSPS) is 17.8. The van der Waals surface area contributed by atoms with Crippen LogP contribution in [0.5, 0.6) is 0 Å². The van der Waals surface area contributed by atoms with E-state index in [1.807, 2.05) is 0 Å². The molecule has 186 valence electrons. The van der Waals surface area contributed by atoms with Gasteiger partial charge in [0.05, 0.1) is 6.10 Å². The van der Waals surface area contributed by atoms with Crippen LogP contribution in [-0.2, 0) is 4.79 Å². The first-order chi connectivity index (χ1) is 13.4. The van der Waals surface area contributed by atoms with Gasteiger partial charge in [0.1, 0.15) is 0 Å². The molecule has 3 unspecified atom stereocenters. The van der Waals surface area contributed by atoms with Crippen LogP contribution in [0.25, 0.3) is 0 Å². The van der Waals surface area contributed by atoms with Crippen LogP contribution in [0.15, 0.2) is 0 Å². The lowest BCUT2D eigenvalue weighted by Crippen LogP contribution is -2.56. The topological polar surface area (TPSA) is 75.3 Å². The molecule has 31 heavy (non-hydrogen) atoms. The largest absolute Gasteiger partial charge is 0.393 e. The second-order valence-electron chi connectivity index (χ2n) is 14.7. The van der Waals surface area contributed by atoms with Gasteiger partial charge in [0, 0.05) is 12.1 Å². The van der Waals surface area contributed by atoms with Crippen molar-refractivity contribution in [3.05, 3.63) is 0 Å². The van der Waals surface area contributed by atoms with Crippen molar-refractivity contribution in [2.45, 2.75) is 134 Å². The third kappa shape index (κ3) is 7.74. The van der Waals surface area contributed by atoms with Crippen molar-refractivity contribution >= 4 is 6.41 Å². The Balaban J connectivity index is 5.92. The summed E-state index contributed by atoms with van der Waals surface area (Å²) in [5.41, 5.74) is 5.86. The number of rotatable bonds is 11. The zero-order chi connectivity index (χ0) is 25.3. The summed E-state index contributed by atoms with van der Waals surface area (Å²) >= 11 is 0. The van der Waals surface area contributed by atoms with Gasteiger partial charge in [0.25, 0.3) is 0 Å². The maximum atomic E-state index is 11.6. The predicted molar refractivity (Wildman–Crippen MR) is 135 cm³/mol. The summed E-state index contributed by atoms with van der Waals surface area (Å²) in [5.74, 6) is 0. The maximum Gasteiger partial charge on any atom is 0.207 e. The molecule has 0 aliphatic heterocycles. The van der Waals surface area contributed by atoms with Crippen LogP contribution >= 0.6 is 0 Å². The number of carbonyl (C=O) groups is 1. The van der Waals surface area contributed by atoms with E-state index in [1.165, 1.54) is 0 Å². The highest BCUT2D eigenvalue weighted by molar-refractivity contribution is 5.47. The fourth-order valence-corrected chi connectivity index (χ4v) is 4.25. The number of aliphatic hydroxyl groups is 1. The van der Waals surface area contributed by atoms with Gasteiger partial charge in [-0.25, -0.2) is 0 Å². The summed E-state index contributed by atoms with van der Waals surface area (Å²) in [4.78, 5) is 11.6. The van der Waals surface area contributed by atoms with Crippen LogP contribution in [0.4, 0.5) is 0 Å². The van der Waals surface area contributed by atoms with E-state index in [2.05, 4.69) is 102 Å². The number of nitrogens with two attached hydrogens (primary N) is 1. The second-order valence-corrected chi connectivity index (χ2v) is 14.7. The molecule has 4 N–H and O–H groups in total. The Bertz CT molecular complexity index is 577. The van der Waals surface area contributed by atoms with Crippen molar-refractivity contribution in [2.24, 2.45) is 38.2 Å². The molecule has 0 aliphatic rings. The highest BCUT2D eigenvalue weighted by Gasteiger charge is 2.50. The third-order valence-electron chi connectivity index (χ3n) is 8.82. The summed E-state index contributed by atoms with van der Waals surface area (Å²) in [6.07, 6.45) is 2.80. The zero-order valence-corrected chi connectivity index (χ0v) is 23.4. The lowest BCUT2D eigenvalue weighted by atomic mass is 9.54. The van der Waals surface area contributed by atoms with E-state index in [0.29, 0.717) is 0 Å². The molecular formula is C27H56N2O2. The Labute approximate surface area is 194 Å². The molecule has 4 nitrogen and oxygen atoms in total. The predicted octanol–water partition coefficient (Wildman–Crippen LogP) is 6.16. The van der Waals surface area contributed by atoms with Crippen LogP contribution in [0.1, 0.15) is 116 Å². The van der Waals surface area contributed by atoms with E-state index < -0.39 is 6.10 Å². The fourth-order valence-electron chi connectivity index (χ4n) is 4.25. The van der Waals surface area contributed by atoms with Crippen molar-refractivity contribution in [3.8, 4) is 0 Å². The van der Waals surface area contributed by atoms with Gasteiger partial charge in [-0.1, -0.05) is 96.9 Å². The molecule has 0 saturated heterocycles. The summed E-state index contributed by atoms with van der Waals surface area (Å²) in [7, 11) is 0. The minimum absolute atomic E-state index is 0.0270. The molecule has 0 fully saturated rings. The quantitative estimate of drug-likeness (QED) is 0.337. The van der Waals surface area contributed by atoms with Gasteiger partial charge in [-0.05, 0) is 51.8 Å². The number of carbonyl (C=O) groups excluding carboxylic acids is 1. The number of hydrogen-bond acceptors (Lipinski definition) is 3. The average Bonchev–Trinajstić information content (AvgIpc) is 2.50. The molecule has 0 aromatic rings. The minimum atomic E-state index is -0.426. The molecule has 0 aliphatic carbocycles. The van der Waals surface area contributed by atoms with Gasteiger partial charge in [0.2, 0.25) is 6.41 Å². The molecule has 0 bridgehead atoms. The molecule has 0 rings (SSSR count). The standard InChI is InChI=1S/C27H56N2O2/c1-22(2,3)17-21(31)27(13,14)25(9,10)16-20(29-18-30)26(11,12)24(7,8)15-19(28)23(4,5)6/h18-21,31H,15-17,28H2,1-14H3,(H,29,30). The SMILES string of the molecule is CC(C)(C)CC(O)C(C)(C)C(C)(C)CC(NC=O)C(C)(C)C(C)(C)CC(N)C(C)(C)C. The van der Waals surface area contributed by atoms with Crippen LogP contribution < -0.4 is 11.1 Å². The van der Waals surface area contributed by atoms with E-state index in [9.17, 15) is 9.90 Å². The van der Waals surface area contributed by atoms with E-state index in [4.69, 9.17) is 5.73 Å². The molecule has 0 aromatic carbocycles. The number of nitrogens with one attached hydrogen (secondary N) is 1. The monoisotopic (exact) mass is 440 g/mol. The lowest BCUT2D eigenvalue weighted by molar-refractivity contribution is -0.113. The van der Waals surface area contributed by atoms with Crippen LogP contribution in [-0.4, -0.2) is 29.7 Å². The summed E-state index contributed by atoms with van der Waals surface area (Å²) in [6, 6.07) is 0.0278. The van der Waals surface area contributed by atoms with E-state index in [1.54, 1.807) is 0 Å². The van der Waals surface area contributed by atoms with Crippen LogP contribution in [0.3, 0.4) is 0 Å². The van der Waals surface area contributed by atoms with Crippen molar-refractivity contribution in [3.63, 3.8) is 0 Å². The average molecular weight is 441 g/mol. The zero-order valence-electron chi connectivity index (χ0n) is 23.4. The fraction of sp³-hybridized carbons (Fsp3) is 0.963. The summed E-state index contributed by atoms with van der Waals surface area (Å²) < 4.78 is 0. The molecule has 4 heteroatoms. The van der Waals surface area contributed by atoms with Crippen molar-refractivity contribution in [1.29, 1.82) is 0 Å². The number of aliphatic hydroxyl groups excluding tert-OH is 1. The summed E-state index contributed by atoms with van der Waals surface area (Å²) in [6.45, 7) is 30.9. The highest BCUT2D eigenvalue weighted by Crippen LogP contribution is 2.52. The van der Waals surface area contributed by atoms with Gasteiger partial charge in [0.15, 0.2) is 0 Å². The maximum absolute atomic E-state index is 11.6. The molecule has 0 radical (unpaired) electrons. The molecule has 0 spiro atoms. The van der Waals surface area contributed by atoms with Gasteiger partial charge >= 0.3 is 0 Å². The van der Waals surface area contributed by atoms with Gasteiger partial charge in [-0.2, -0.15) is 0 Å². The number of hydrogen-bond donors (Lipinski definition) is 3. The van der Waals surface area contributed by atoms with E-state index in [-0.39, 0.29) is 44.6 Å². The smallest absolute Gasteiger partial charge is 0.207 e. The Morgan fingerprint density at radius 3 is 1.52 bits per heavy atom. The molecule has 0 saturated carbocycles. The Hall–Kier alpha value is -0.610. The van der Waals surface area contributed by atoms with E-state index in [0.717, 1.165) is 25.7 Å². The van der Waals surface area contributed by atoms with Gasteiger partial charge in [-0.3, -0.25) is 4.79 Å². The van der Waals surface area contributed by atoms with Gasteiger partial charge < -0.3 is 16.2 Å². The molecule has 0 aromatic heterocycles. The van der Waals surface area contributed by atoms with E-state index >= 15 is 0 Å². The second kappa shape index (κ2) is 9.71. The van der Waals surface area contributed by atoms with Crippen molar-refractivity contribution in [1.82, 2.24) is 5.32 Å². The lowest BCUT2D eigenvalue weighted by Gasteiger charge is -2.54. The van der Waals surface area contributed by atoms with Crippen LogP contribution in [0.2, 0.25) is 0 Å². The third-order valence-corrected chi connectivity index (χ3v) is 8.82. The molecule has 3 atom stereocenters. The van der Waals surface area contributed by atoms with Crippen molar-refractivity contribution in [2.75, 3.05) is 0 Å². The Morgan fingerprint density at radius 1 is 0.742 bits per heavy atom. The molecular weight excluding hydrogens is 384 g/mol.